The molecular weight excluding hydrogens is 311 g/mol. The van der Waals surface area contributed by atoms with Gasteiger partial charge in [0, 0.05) is 30.2 Å². The molecule has 0 radical (unpaired) electrons. The van der Waals surface area contributed by atoms with Crippen LogP contribution in [0.3, 0.4) is 0 Å². The summed E-state index contributed by atoms with van der Waals surface area (Å²) < 4.78 is 18.6. The Morgan fingerprint density at radius 2 is 2.12 bits per heavy atom. The molecule has 3 aromatic rings. The number of H-pyrrole nitrogens is 1. The van der Waals surface area contributed by atoms with Gasteiger partial charge in [-0.1, -0.05) is 0 Å². The van der Waals surface area contributed by atoms with Gasteiger partial charge in [-0.3, -0.25) is 9.89 Å². The summed E-state index contributed by atoms with van der Waals surface area (Å²) in [5.41, 5.74) is 2.63. The van der Waals surface area contributed by atoms with Crippen molar-refractivity contribution in [3.8, 4) is 5.75 Å². The Morgan fingerprint density at radius 1 is 1.29 bits per heavy atom. The Hall–Kier alpha value is -3.09. The third-order valence-corrected chi connectivity index (χ3v) is 3.73. The molecule has 0 bridgehead atoms. The summed E-state index contributed by atoms with van der Waals surface area (Å²) in [6.45, 7) is 0.406. The topological polar surface area (TPSA) is 79.0 Å². The SMILES string of the molecule is CNC(=O)c1n[nH]c2cc(NCc3cc(F)ccc3OC)ccc12. The second kappa shape index (κ2) is 6.57. The van der Waals surface area contributed by atoms with Crippen molar-refractivity contribution in [1.82, 2.24) is 15.5 Å². The summed E-state index contributed by atoms with van der Waals surface area (Å²) in [5.74, 6) is 0.0618. The number of fused-ring (bicyclic) bond motifs is 1. The quantitative estimate of drug-likeness (QED) is 0.673. The molecule has 24 heavy (non-hydrogen) atoms. The number of hydrogen-bond donors (Lipinski definition) is 3. The monoisotopic (exact) mass is 328 g/mol. The smallest absolute Gasteiger partial charge is 0.272 e. The van der Waals surface area contributed by atoms with E-state index in [1.54, 1.807) is 20.2 Å². The summed E-state index contributed by atoms with van der Waals surface area (Å²) in [6.07, 6.45) is 0. The molecule has 0 fully saturated rings. The Morgan fingerprint density at radius 3 is 2.88 bits per heavy atom. The average molecular weight is 328 g/mol. The van der Waals surface area contributed by atoms with Crippen molar-refractivity contribution in [2.75, 3.05) is 19.5 Å². The number of methoxy groups -OCH3 is 1. The number of carbonyl (C=O) groups excluding carboxylic acids is 1. The van der Waals surface area contributed by atoms with Gasteiger partial charge < -0.3 is 15.4 Å². The van der Waals surface area contributed by atoms with Gasteiger partial charge in [-0.15, -0.1) is 0 Å². The number of benzene rings is 2. The highest BCUT2D eigenvalue weighted by Crippen LogP contribution is 2.23. The summed E-state index contributed by atoms with van der Waals surface area (Å²) >= 11 is 0. The Bertz CT molecular complexity index is 891. The minimum atomic E-state index is -0.313. The molecule has 3 rings (SSSR count). The summed E-state index contributed by atoms with van der Waals surface area (Å²) in [4.78, 5) is 11.7. The third kappa shape index (κ3) is 3.01. The van der Waals surface area contributed by atoms with Crippen molar-refractivity contribution in [2.45, 2.75) is 6.54 Å². The Balaban J connectivity index is 1.81. The van der Waals surface area contributed by atoms with E-state index < -0.39 is 0 Å². The molecule has 7 heteroatoms. The molecule has 2 aromatic carbocycles. The zero-order valence-corrected chi connectivity index (χ0v) is 13.3. The van der Waals surface area contributed by atoms with Crippen LogP contribution in [0, 0.1) is 5.82 Å². The molecule has 0 saturated heterocycles. The fraction of sp³-hybridized carbons (Fsp3) is 0.176. The summed E-state index contributed by atoms with van der Waals surface area (Å²) in [6, 6.07) is 9.90. The van der Waals surface area contributed by atoms with Crippen LogP contribution in [-0.2, 0) is 6.54 Å². The molecule has 0 atom stereocenters. The minimum Gasteiger partial charge on any atom is -0.496 e. The lowest BCUT2D eigenvalue weighted by atomic mass is 10.1. The van der Waals surface area contributed by atoms with Gasteiger partial charge in [-0.2, -0.15) is 5.10 Å². The first-order valence-electron chi connectivity index (χ1n) is 7.39. The van der Waals surface area contributed by atoms with Crippen molar-refractivity contribution in [3.63, 3.8) is 0 Å². The number of nitrogens with zero attached hydrogens (tertiary/aromatic N) is 1. The molecule has 1 amide bonds. The van der Waals surface area contributed by atoms with Crippen LogP contribution in [0.5, 0.6) is 5.75 Å². The zero-order valence-electron chi connectivity index (χ0n) is 13.3. The van der Waals surface area contributed by atoms with Gasteiger partial charge in [0.05, 0.1) is 12.6 Å². The molecule has 124 valence electrons. The van der Waals surface area contributed by atoms with Crippen molar-refractivity contribution in [1.29, 1.82) is 0 Å². The predicted octanol–water partition coefficient (Wildman–Crippen LogP) is 2.68. The van der Waals surface area contributed by atoms with Gasteiger partial charge in [0.25, 0.3) is 5.91 Å². The van der Waals surface area contributed by atoms with E-state index in [1.165, 1.54) is 12.1 Å². The van der Waals surface area contributed by atoms with Crippen LogP contribution in [0.2, 0.25) is 0 Å². The van der Waals surface area contributed by atoms with E-state index in [0.717, 1.165) is 16.6 Å². The van der Waals surface area contributed by atoms with E-state index in [9.17, 15) is 9.18 Å². The lowest BCUT2D eigenvalue weighted by molar-refractivity contribution is 0.0959. The summed E-state index contributed by atoms with van der Waals surface area (Å²) in [5, 5.41) is 13.4. The number of halogens is 1. The molecule has 0 saturated carbocycles. The fourth-order valence-electron chi connectivity index (χ4n) is 2.50. The lowest BCUT2D eigenvalue weighted by Gasteiger charge is -2.11. The van der Waals surface area contributed by atoms with Crippen LogP contribution in [-0.4, -0.2) is 30.3 Å². The number of anilines is 1. The molecule has 0 aliphatic heterocycles. The molecule has 0 unspecified atom stereocenters. The van der Waals surface area contributed by atoms with Gasteiger partial charge in [-0.25, -0.2) is 4.39 Å². The molecular formula is C17H17FN4O2. The zero-order chi connectivity index (χ0) is 17.1. The molecule has 6 nitrogen and oxygen atoms in total. The van der Waals surface area contributed by atoms with E-state index in [-0.39, 0.29) is 11.7 Å². The predicted molar refractivity (Wildman–Crippen MR) is 89.8 cm³/mol. The van der Waals surface area contributed by atoms with Crippen molar-refractivity contribution in [2.24, 2.45) is 0 Å². The standard InChI is InChI=1S/C17H17FN4O2/c1-19-17(23)16-13-5-4-12(8-14(13)21-22-16)20-9-10-7-11(18)3-6-15(10)24-2/h3-8,20H,9H2,1-2H3,(H,19,23)(H,21,22). The number of carbonyl (C=O) groups is 1. The molecule has 0 aliphatic rings. The van der Waals surface area contributed by atoms with Crippen LogP contribution < -0.4 is 15.4 Å². The first kappa shape index (κ1) is 15.8. The maximum Gasteiger partial charge on any atom is 0.272 e. The average Bonchev–Trinajstić information content (AvgIpc) is 3.02. The van der Waals surface area contributed by atoms with E-state index in [0.29, 0.717) is 23.6 Å². The second-order valence-corrected chi connectivity index (χ2v) is 5.22. The number of aromatic nitrogens is 2. The molecule has 0 spiro atoms. The molecule has 1 heterocycles. The largest absolute Gasteiger partial charge is 0.496 e. The van der Waals surface area contributed by atoms with E-state index >= 15 is 0 Å². The number of ether oxygens (including phenoxy) is 1. The second-order valence-electron chi connectivity index (χ2n) is 5.22. The lowest BCUT2D eigenvalue weighted by Crippen LogP contribution is -2.18. The van der Waals surface area contributed by atoms with Crippen molar-refractivity contribution >= 4 is 22.5 Å². The van der Waals surface area contributed by atoms with Crippen LogP contribution in [0.1, 0.15) is 16.1 Å². The highest BCUT2D eigenvalue weighted by Gasteiger charge is 2.13. The number of hydrogen-bond acceptors (Lipinski definition) is 4. The molecule has 3 N–H and O–H groups in total. The summed E-state index contributed by atoms with van der Waals surface area (Å²) in [7, 11) is 3.11. The Kier molecular flexibility index (Phi) is 4.33. The maximum absolute atomic E-state index is 13.4. The van der Waals surface area contributed by atoms with Crippen LogP contribution >= 0.6 is 0 Å². The highest BCUT2D eigenvalue weighted by molar-refractivity contribution is 6.05. The van der Waals surface area contributed by atoms with Gasteiger partial charge in [0.1, 0.15) is 11.6 Å². The van der Waals surface area contributed by atoms with Gasteiger partial charge in [0.2, 0.25) is 0 Å². The fourth-order valence-corrected chi connectivity index (χ4v) is 2.50. The first-order chi connectivity index (χ1) is 11.6. The van der Waals surface area contributed by atoms with Gasteiger partial charge in [0.15, 0.2) is 5.69 Å². The maximum atomic E-state index is 13.4. The van der Waals surface area contributed by atoms with E-state index in [2.05, 4.69) is 20.8 Å². The number of amides is 1. The first-order valence-corrected chi connectivity index (χ1v) is 7.39. The normalized spacial score (nSPS) is 10.6. The Labute approximate surface area is 138 Å². The van der Waals surface area contributed by atoms with E-state index in [4.69, 9.17) is 4.74 Å². The minimum absolute atomic E-state index is 0.244. The number of rotatable bonds is 5. The molecule has 1 aromatic heterocycles. The van der Waals surface area contributed by atoms with Gasteiger partial charge in [-0.05, 0) is 36.4 Å². The number of nitrogens with one attached hydrogen (secondary N) is 3. The van der Waals surface area contributed by atoms with E-state index in [1.807, 2.05) is 18.2 Å². The number of aromatic amines is 1. The van der Waals surface area contributed by atoms with Gasteiger partial charge >= 0.3 is 0 Å². The van der Waals surface area contributed by atoms with Crippen LogP contribution in [0.25, 0.3) is 10.9 Å². The van der Waals surface area contributed by atoms with Crippen LogP contribution in [0.4, 0.5) is 10.1 Å². The molecule has 0 aliphatic carbocycles. The van der Waals surface area contributed by atoms with Crippen molar-refractivity contribution in [3.05, 3.63) is 53.5 Å². The van der Waals surface area contributed by atoms with Crippen LogP contribution in [0.15, 0.2) is 36.4 Å². The highest BCUT2D eigenvalue weighted by atomic mass is 19.1. The van der Waals surface area contributed by atoms with Crippen molar-refractivity contribution < 1.29 is 13.9 Å². The third-order valence-electron chi connectivity index (χ3n) is 3.73.